The van der Waals surface area contributed by atoms with E-state index in [4.69, 9.17) is 14.5 Å². The van der Waals surface area contributed by atoms with Crippen LogP contribution in [0.3, 0.4) is 0 Å². The van der Waals surface area contributed by atoms with Crippen LogP contribution in [0.5, 0.6) is 5.75 Å². The Morgan fingerprint density at radius 2 is 2.15 bits per heavy atom. The fourth-order valence-corrected chi connectivity index (χ4v) is 4.77. The zero-order chi connectivity index (χ0) is 23.0. The molecule has 33 heavy (non-hydrogen) atoms. The molecule has 2 atom stereocenters. The van der Waals surface area contributed by atoms with Crippen molar-refractivity contribution < 1.29 is 19.4 Å². The Labute approximate surface area is 196 Å². The number of nitrogens with zero attached hydrogens (tertiary/aromatic N) is 2. The van der Waals surface area contributed by atoms with Gasteiger partial charge < -0.3 is 19.9 Å². The Balaban J connectivity index is 1.23. The second kappa shape index (κ2) is 11.5. The van der Waals surface area contributed by atoms with Crippen LogP contribution in [0.1, 0.15) is 55.5 Å². The van der Waals surface area contributed by atoms with Crippen LogP contribution in [0.15, 0.2) is 36.4 Å². The second-order valence-electron chi connectivity index (χ2n) is 8.79. The van der Waals surface area contributed by atoms with E-state index in [1.54, 1.807) is 0 Å². The molecule has 0 aliphatic carbocycles. The third kappa shape index (κ3) is 6.03. The van der Waals surface area contributed by atoms with Gasteiger partial charge in [0.2, 0.25) is 0 Å². The highest BCUT2D eigenvalue weighted by Gasteiger charge is 2.35. The summed E-state index contributed by atoms with van der Waals surface area (Å²) >= 11 is 0. The summed E-state index contributed by atoms with van der Waals surface area (Å²) in [6, 6.07) is 11.1. The van der Waals surface area contributed by atoms with Crippen molar-refractivity contribution in [3.63, 3.8) is 0 Å². The first-order valence-electron chi connectivity index (χ1n) is 12.2. The summed E-state index contributed by atoms with van der Waals surface area (Å²) < 4.78 is 11.8. The summed E-state index contributed by atoms with van der Waals surface area (Å²) in [4.78, 5) is 18.9. The lowest BCUT2D eigenvalue weighted by molar-refractivity contribution is -0.143. The maximum Gasteiger partial charge on any atom is 0.325 e. The number of unbranched alkanes of at least 4 members (excludes halogenated alkanes) is 1. The van der Waals surface area contributed by atoms with E-state index in [2.05, 4.69) is 17.4 Å². The number of anilines is 1. The summed E-state index contributed by atoms with van der Waals surface area (Å²) in [6.07, 6.45) is 6.15. The zero-order valence-electron chi connectivity index (χ0n) is 19.5. The Kier molecular flexibility index (Phi) is 8.18. The van der Waals surface area contributed by atoms with Crippen LogP contribution in [-0.4, -0.2) is 59.9 Å². The third-order valence-electron chi connectivity index (χ3n) is 6.42. The van der Waals surface area contributed by atoms with Gasteiger partial charge in [-0.25, -0.2) is 4.98 Å². The van der Waals surface area contributed by atoms with Crippen molar-refractivity contribution in [3.05, 3.63) is 53.2 Å². The molecule has 0 spiro atoms. The van der Waals surface area contributed by atoms with Crippen LogP contribution in [0, 0.1) is 0 Å². The first-order valence-corrected chi connectivity index (χ1v) is 12.2. The Bertz CT molecular complexity index is 936. The summed E-state index contributed by atoms with van der Waals surface area (Å²) in [7, 11) is 0. The number of aryl methyl sites for hydroxylation is 2. The van der Waals surface area contributed by atoms with Crippen LogP contribution in [-0.2, 0) is 22.4 Å². The number of rotatable bonds is 11. The lowest BCUT2D eigenvalue weighted by atomic mass is 10.0. The number of carboxylic acids is 1. The average Bonchev–Trinajstić information content (AvgIpc) is 3.28. The molecule has 0 amide bonds. The molecular weight excluding hydrogens is 418 g/mol. The van der Waals surface area contributed by atoms with Gasteiger partial charge in [0.05, 0.1) is 12.7 Å². The van der Waals surface area contributed by atoms with Crippen LogP contribution >= 0.6 is 0 Å². The number of carbonyl (C=O) groups is 1. The second-order valence-corrected chi connectivity index (χ2v) is 8.79. The fraction of sp³-hybridized carbons (Fsp3) is 0.538. The van der Waals surface area contributed by atoms with Gasteiger partial charge in [0, 0.05) is 37.5 Å². The van der Waals surface area contributed by atoms with Gasteiger partial charge in [0.1, 0.15) is 17.6 Å². The van der Waals surface area contributed by atoms with E-state index in [9.17, 15) is 9.90 Å². The number of pyridine rings is 1. The van der Waals surface area contributed by atoms with E-state index in [0.29, 0.717) is 37.6 Å². The number of ether oxygens (including phenoxy) is 2. The molecule has 7 nitrogen and oxygen atoms in total. The van der Waals surface area contributed by atoms with Gasteiger partial charge in [-0.3, -0.25) is 9.69 Å². The Morgan fingerprint density at radius 1 is 1.27 bits per heavy atom. The van der Waals surface area contributed by atoms with Crippen molar-refractivity contribution in [1.29, 1.82) is 0 Å². The SMILES string of the molecule is CCOc1ccccc1C(C(=O)O)N1CCC(OCCCCc2ccc3c(n2)NCCC3)C1. The molecule has 2 N–H and O–H groups in total. The number of hydrogen-bond acceptors (Lipinski definition) is 6. The van der Waals surface area contributed by atoms with Crippen LogP contribution in [0.4, 0.5) is 5.82 Å². The molecule has 2 aliphatic heterocycles. The lowest BCUT2D eigenvalue weighted by Crippen LogP contribution is -2.33. The summed E-state index contributed by atoms with van der Waals surface area (Å²) in [5.41, 5.74) is 3.16. The first-order chi connectivity index (χ1) is 16.2. The predicted octanol–water partition coefficient (Wildman–Crippen LogP) is 4.08. The number of carboxylic acid groups (broad SMARTS) is 1. The molecule has 3 heterocycles. The molecule has 4 rings (SSSR count). The molecule has 0 saturated carbocycles. The number of fused-ring (bicyclic) bond motifs is 1. The first kappa shape index (κ1) is 23.5. The van der Waals surface area contributed by atoms with Crippen LogP contribution in [0.25, 0.3) is 0 Å². The van der Waals surface area contributed by atoms with Gasteiger partial charge in [0.25, 0.3) is 0 Å². The molecule has 0 bridgehead atoms. The Hall–Kier alpha value is -2.64. The van der Waals surface area contributed by atoms with Crippen molar-refractivity contribution >= 4 is 11.8 Å². The average molecular weight is 454 g/mol. The molecule has 1 saturated heterocycles. The van der Waals surface area contributed by atoms with Gasteiger partial charge in [-0.05, 0) is 63.1 Å². The van der Waals surface area contributed by atoms with Gasteiger partial charge in [-0.15, -0.1) is 0 Å². The lowest BCUT2D eigenvalue weighted by Gasteiger charge is -2.26. The highest BCUT2D eigenvalue weighted by atomic mass is 16.5. The number of hydrogen-bond donors (Lipinski definition) is 2. The zero-order valence-corrected chi connectivity index (χ0v) is 19.5. The quantitative estimate of drug-likeness (QED) is 0.496. The van der Waals surface area contributed by atoms with E-state index in [0.717, 1.165) is 50.2 Å². The molecule has 0 radical (unpaired) electrons. The van der Waals surface area contributed by atoms with E-state index in [1.807, 2.05) is 36.1 Å². The van der Waals surface area contributed by atoms with E-state index < -0.39 is 12.0 Å². The number of aliphatic carboxylic acids is 1. The van der Waals surface area contributed by atoms with E-state index in [1.165, 1.54) is 12.0 Å². The molecule has 7 heteroatoms. The largest absolute Gasteiger partial charge is 0.494 e. The minimum Gasteiger partial charge on any atom is -0.494 e. The Morgan fingerprint density at radius 3 is 3.00 bits per heavy atom. The van der Waals surface area contributed by atoms with Crippen molar-refractivity contribution in [2.45, 2.75) is 57.6 Å². The number of para-hydroxylation sites is 1. The predicted molar refractivity (Wildman–Crippen MR) is 128 cm³/mol. The van der Waals surface area contributed by atoms with Crippen molar-refractivity contribution in [3.8, 4) is 5.75 Å². The topological polar surface area (TPSA) is 83.9 Å². The molecule has 2 aliphatic rings. The highest BCUT2D eigenvalue weighted by molar-refractivity contribution is 5.76. The maximum absolute atomic E-state index is 12.1. The maximum atomic E-state index is 12.1. The molecular formula is C26H35N3O4. The van der Waals surface area contributed by atoms with Crippen molar-refractivity contribution in [2.75, 3.05) is 38.2 Å². The third-order valence-corrected chi connectivity index (χ3v) is 6.42. The monoisotopic (exact) mass is 453 g/mol. The van der Waals surface area contributed by atoms with E-state index >= 15 is 0 Å². The smallest absolute Gasteiger partial charge is 0.325 e. The van der Waals surface area contributed by atoms with Crippen LogP contribution < -0.4 is 10.1 Å². The highest BCUT2D eigenvalue weighted by Crippen LogP contribution is 2.32. The summed E-state index contributed by atoms with van der Waals surface area (Å²) in [5, 5.41) is 13.3. The number of nitrogens with one attached hydrogen (secondary N) is 1. The van der Waals surface area contributed by atoms with Gasteiger partial charge in [-0.1, -0.05) is 24.3 Å². The molecule has 2 unspecified atom stereocenters. The molecule has 1 aromatic carbocycles. The van der Waals surface area contributed by atoms with Crippen molar-refractivity contribution in [2.24, 2.45) is 0 Å². The normalized spacial score (nSPS) is 19.0. The van der Waals surface area contributed by atoms with Crippen LogP contribution in [0.2, 0.25) is 0 Å². The molecule has 178 valence electrons. The fourth-order valence-electron chi connectivity index (χ4n) is 4.77. The van der Waals surface area contributed by atoms with Crippen molar-refractivity contribution in [1.82, 2.24) is 9.88 Å². The molecule has 2 aromatic rings. The number of aromatic nitrogens is 1. The summed E-state index contributed by atoms with van der Waals surface area (Å²) in [5.74, 6) is 0.845. The number of benzene rings is 1. The standard InChI is InChI=1S/C26H35N3O4/c1-2-32-23-11-4-3-10-22(23)24(26(30)31)29-16-14-21(18-29)33-17-6-5-9-20-13-12-19-8-7-15-27-25(19)28-20/h3-4,10-13,21,24H,2,5-9,14-18H2,1H3,(H,27,28)(H,30,31). The molecule has 1 fully saturated rings. The summed E-state index contributed by atoms with van der Waals surface area (Å²) in [6.45, 7) is 5.44. The number of likely N-dealkylation sites (tertiary alicyclic amines) is 1. The minimum atomic E-state index is -0.852. The van der Waals surface area contributed by atoms with Gasteiger partial charge in [-0.2, -0.15) is 0 Å². The van der Waals surface area contributed by atoms with E-state index in [-0.39, 0.29) is 6.10 Å². The van der Waals surface area contributed by atoms with Gasteiger partial charge >= 0.3 is 5.97 Å². The molecule has 1 aromatic heterocycles. The minimum absolute atomic E-state index is 0.0668. The van der Waals surface area contributed by atoms with Gasteiger partial charge in [0.15, 0.2) is 0 Å².